The third-order valence-corrected chi connectivity index (χ3v) is 17.5. The molecular formula is C67H54N6O16. The Hall–Kier alpha value is -10.7. The van der Waals surface area contributed by atoms with Crippen LogP contribution in [0.15, 0.2) is 106 Å². The molecule has 0 radical (unpaired) electrons. The van der Waals surface area contributed by atoms with Crippen molar-refractivity contribution in [2.45, 2.75) is 34.1 Å². The van der Waals surface area contributed by atoms with Gasteiger partial charge in [-0.3, -0.25) is 42.8 Å². The smallest absolute Gasteiger partial charge is 0.260 e. The second-order valence-electron chi connectivity index (χ2n) is 22.4. The molecule has 0 bridgehead atoms. The lowest BCUT2D eigenvalue weighted by atomic mass is 10.0. The molecular weight excluding hydrogens is 1140 g/mol. The van der Waals surface area contributed by atoms with E-state index in [2.05, 4.69) is 9.88 Å². The summed E-state index contributed by atoms with van der Waals surface area (Å²) in [4.78, 5) is 87.0. The van der Waals surface area contributed by atoms with E-state index >= 15 is 0 Å². The van der Waals surface area contributed by atoms with Crippen LogP contribution < -0.4 is 59.3 Å². The van der Waals surface area contributed by atoms with E-state index in [0.29, 0.717) is 171 Å². The number of rotatable bonds is 7. The van der Waals surface area contributed by atoms with Crippen molar-refractivity contribution in [3.8, 4) is 85.5 Å². The van der Waals surface area contributed by atoms with Crippen LogP contribution in [0.4, 0.5) is 0 Å². The Kier molecular flexibility index (Phi) is 12.8. The number of carbonyl (C=O) groups is 3. The topological polar surface area (TPSA) is 231 Å². The maximum absolute atomic E-state index is 13.8. The molecule has 22 nitrogen and oxygen atoms in total. The summed E-state index contributed by atoms with van der Waals surface area (Å²) in [5, 5.41) is 3.27. The van der Waals surface area contributed by atoms with Crippen LogP contribution in [0.5, 0.6) is 51.7 Å². The molecule has 0 amide bonds. The van der Waals surface area contributed by atoms with Gasteiger partial charge < -0.3 is 56.5 Å². The van der Waals surface area contributed by atoms with Gasteiger partial charge >= 0.3 is 0 Å². The van der Waals surface area contributed by atoms with Crippen molar-refractivity contribution in [2.24, 2.45) is 7.05 Å². The first-order valence-corrected chi connectivity index (χ1v) is 28.6. The SMILES string of the molecule is COc1cc2c3c(n(C)c(=O)c2cc1C)-c1cc2c(cc1C3=O)OCO2.COc1cc2c3c(n(CN4CCOCC4)c(=O)c2cc1C)-c1cc2c(cc1C3=O)OCO2.COc1cc2c3c(n(Cn4ccnc4)c(=O)c2cc1C)-c1cc2c(cc1C3=O)OCO2. The van der Waals surface area contributed by atoms with E-state index in [1.54, 1.807) is 121 Å². The van der Waals surface area contributed by atoms with Gasteiger partial charge in [0.1, 0.15) is 23.9 Å². The fourth-order valence-corrected chi connectivity index (χ4v) is 13.2. The average molecular weight is 1200 g/mol. The first-order valence-electron chi connectivity index (χ1n) is 28.6. The predicted molar refractivity (Wildman–Crippen MR) is 324 cm³/mol. The number of nitrogens with zero attached hydrogens (tertiary/aromatic N) is 6. The normalized spacial score (nSPS) is 14.9. The molecule has 6 aromatic carbocycles. The van der Waals surface area contributed by atoms with E-state index in [0.717, 1.165) is 29.8 Å². The van der Waals surface area contributed by atoms with Crippen molar-refractivity contribution >= 4 is 49.7 Å². The summed E-state index contributed by atoms with van der Waals surface area (Å²) < 4.78 is 61.4. The minimum absolute atomic E-state index is 0.106. The lowest BCUT2D eigenvalue weighted by Gasteiger charge is -2.28. The first-order chi connectivity index (χ1) is 43.1. The molecule has 0 atom stereocenters. The van der Waals surface area contributed by atoms with Crippen molar-refractivity contribution in [1.29, 1.82) is 0 Å². The van der Waals surface area contributed by atoms with Gasteiger partial charge in [-0.15, -0.1) is 0 Å². The number of pyridine rings is 3. The summed E-state index contributed by atoms with van der Waals surface area (Å²) in [6.07, 6.45) is 5.07. The number of fused-ring (bicyclic) bond motifs is 18. The van der Waals surface area contributed by atoms with Crippen LogP contribution >= 0.6 is 0 Å². The molecule has 0 N–H and O–H groups in total. The second kappa shape index (κ2) is 20.7. The Morgan fingerprint density at radius 2 is 0.798 bits per heavy atom. The number of aryl methyl sites for hydroxylation is 3. The Balaban J connectivity index is 0.000000112. The fraction of sp³-hybridized carbons (Fsp3) is 0.239. The van der Waals surface area contributed by atoms with Crippen LogP contribution in [-0.4, -0.2) is 114 Å². The molecule has 448 valence electrons. The molecule has 3 aliphatic carbocycles. The van der Waals surface area contributed by atoms with Gasteiger partial charge in [-0.2, -0.15) is 0 Å². The fourth-order valence-electron chi connectivity index (χ4n) is 13.2. The van der Waals surface area contributed by atoms with E-state index in [4.69, 9.17) is 47.4 Å². The summed E-state index contributed by atoms with van der Waals surface area (Å²) in [7, 11) is 6.42. The molecule has 0 saturated carbocycles. The van der Waals surface area contributed by atoms with E-state index in [1.165, 1.54) is 4.57 Å². The Labute approximate surface area is 505 Å². The van der Waals surface area contributed by atoms with E-state index in [9.17, 15) is 28.8 Å². The Bertz CT molecular complexity index is 5010. The molecule has 4 aliphatic heterocycles. The van der Waals surface area contributed by atoms with E-state index in [-0.39, 0.29) is 61.1 Å². The molecule has 7 aliphatic rings. The van der Waals surface area contributed by atoms with Crippen LogP contribution in [0.3, 0.4) is 0 Å². The zero-order chi connectivity index (χ0) is 61.4. The van der Waals surface area contributed by atoms with Crippen LogP contribution in [0.25, 0.3) is 66.1 Å². The zero-order valence-corrected chi connectivity index (χ0v) is 49.2. The van der Waals surface area contributed by atoms with Gasteiger partial charge in [0.2, 0.25) is 20.4 Å². The molecule has 4 aromatic heterocycles. The largest absolute Gasteiger partial charge is 0.496 e. The molecule has 1 saturated heterocycles. The van der Waals surface area contributed by atoms with Gasteiger partial charge in [0.15, 0.2) is 51.8 Å². The minimum Gasteiger partial charge on any atom is -0.496 e. The maximum atomic E-state index is 13.8. The van der Waals surface area contributed by atoms with Crippen molar-refractivity contribution in [1.82, 2.24) is 28.2 Å². The quantitative estimate of drug-likeness (QED) is 0.146. The molecule has 17 rings (SSSR count). The van der Waals surface area contributed by atoms with Crippen LogP contribution in [0.2, 0.25) is 0 Å². The number of imidazole rings is 1. The number of hydrogen-bond acceptors (Lipinski definition) is 18. The number of carbonyl (C=O) groups excluding carboxylic acids is 3. The number of ether oxygens (including phenoxy) is 10. The Morgan fingerprint density at radius 1 is 0.438 bits per heavy atom. The number of morpholine rings is 1. The summed E-state index contributed by atoms with van der Waals surface area (Å²) in [5.41, 5.74) is 8.92. The molecule has 10 aromatic rings. The number of methoxy groups -OCH3 is 3. The van der Waals surface area contributed by atoms with Gasteiger partial charge in [-0.1, -0.05) is 0 Å². The average Bonchev–Trinajstić information content (AvgIpc) is 1.61. The zero-order valence-electron chi connectivity index (χ0n) is 49.2. The summed E-state index contributed by atoms with van der Waals surface area (Å²) >= 11 is 0. The minimum atomic E-state index is -0.188. The number of ketones is 3. The second-order valence-corrected chi connectivity index (χ2v) is 22.4. The third-order valence-electron chi connectivity index (χ3n) is 17.5. The Morgan fingerprint density at radius 3 is 1.18 bits per heavy atom. The molecule has 0 unspecified atom stereocenters. The first kappa shape index (κ1) is 54.9. The van der Waals surface area contributed by atoms with Gasteiger partial charge in [0.25, 0.3) is 16.7 Å². The highest BCUT2D eigenvalue weighted by atomic mass is 16.7. The van der Waals surface area contributed by atoms with Crippen LogP contribution in [-0.2, 0) is 25.1 Å². The van der Waals surface area contributed by atoms with Crippen LogP contribution in [0, 0.1) is 20.8 Å². The third kappa shape index (κ3) is 8.41. The van der Waals surface area contributed by atoms with Crippen molar-refractivity contribution in [3.63, 3.8) is 0 Å². The summed E-state index contributed by atoms with van der Waals surface area (Å²) in [6, 6.07) is 21.2. The van der Waals surface area contributed by atoms with Gasteiger partial charge in [-0.05, 0) is 110 Å². The molecule has 0 spiro atoms. The number of benzene rings is 6. The lowest BCUT2D eigenvalue weighted by Crippen LogP contribution is -2.40. The van der Waals surface area contributed by atoms with Crippen molar-refractivity contribution in [3.05, 3.63) is 173 Å². The molecule has 89 heavy (non-hydrogen) atoms. The predicted octanol–water partition coefficient (Wildman–Crippen LogP) is 8.30. The maximum Gasteiger partial charge on any atom is 0.260 e. The molecule has 1 fully saturated rings. The van der Waals surface area contributed by atoms with Gasteiger partial charge in [-0.25, -0.2) is 4.98 Å². The number of hydrogen-bond donors (Lipinski definition) is 0. The summed E-state index contributed by atoms with van der Waals surface area (Å²) in [5.74, 6) is 4.85. The summed E-state index contributed by atoms with van der Waals surface area (Å²) in [6.45, 7) is 9.30. The highest BCUT2D eigenvalue weighted by Crippen LogP contribution is 2.50. The molecule has 8 heterocycles. The number of aromatic nitrogens is 5. The van der Waals surface area contributed by atoms with Crippen molar-refractivity contribution < 1.29 is 61.8 Å². The van der Waals surface area contributed by atoms with E-state index in [1.807, 2.05) is 32.9 Å². The van der Waals surface area contributed by atoms with Gasteiger partial charge in [0.05, 0.1) is 81.3 Å². The molecule has 22 heteroatoms. The van der Waals surface area contributed by atoms with E-state index < -0.39 is 0 Å². The highest BCUT2D eigenvalue weighted by molar-refractivity contribution is 6.29. The lowest BCUT2D eigenvalue weighted by molar-refractivity contribution is 0.0232. The standard InChI is InChI=1S/C24H22N2O6.C23H17N3O5.C20H15NO5/c1-13-7-17-14(8-18(13)29-2)21-22(26(24(17)28)11-25-3-5-30-6-4-25)15-9-19-20(32-12-31-19)10-16(15)23(21)27;1-12-5-16-13(6-17(12)29-2)20-21(26(23(16)28)10-25-4-3-24-9-25)14-7-18-19(31-11-30-18)8-15(14)22(20)27;1-9-4-13-10(5-14(9)24-3)17-18(21(2)20(13)23)11-6-15-16(26-8-25-15)7-12(11)19(17)22/h7-10H,3-6,11-12H2,1-2H3;3-9H,10-11H2,1-2H3;4-7H,8H2,1-3H3. The highest BCUT2D eigenvalue weighted by Gasteiger charge is 2.39. The van der Waals surface area contributed by atoms with Crippen molar-refractivity contribution in [2.75, 3.05) is 68.0 Å². The monoisotopic (exact) mass is 1200 g/mol. The van der Waals surface area contributed by atoms with Crippen LogP contribution in [0.1, 0.15) is 64.5 Å². The van der Waals surface area contributed by atoms with Gasteiger partial charge in [0, 0.05) is 98.2 Å².